The summed E-state index contributed by atoms with van der Waals surface area (Å²) in [5.74, 6) is 0.848. The van der Waals surface area contributed by atoms with E-state index in [1.165, 1.54) is 0 Å². The van der Waals surface area contributed by atoms with Gasteiger partial charge in [-0.2, -0.15) is 0 Å². The highest BCUT2D eigenvalue weighted by Crippen LogP contribution is 2.12. The van der Waals surface area contributed by atoms with Crippen LogP contribution in [0, 0.1) is 0 Å². The maximum Gasteiger partial charge on any atom is 0.287 e. The van der Waals surface area contributed by atoms with Crippen LogP contribution in [0.25, 0.3) is 0 Å². The summed E-state index contributed by atoms with van der Waals surface area (Å²) in [7, 11) is 0. The van der Waals surface area contributed by atoms with Gasteiger partial charge in [-0.1, -0.05) is 6.92 Å². The molecule has 5 heteroatoms. The maximum atomic E-state index is 12.0. The fourth-order valence-corrected chi connectivity index (χ4v) is 2.33. The van der Waals surface area contributed by atoms with Crippen LogP contribution in [0.1, 0.15) is 36.1 Å². The number of furan rings is 1. The van der Waals surface area contributed by atoms with Crippen LogP contribution in [-0.4, -0.2) is 36.5 Å². The van der Waals surface area contributed by atoms with Gasteiger partial charge in [0.2, 0.25) is 0 Å². The van der Waals surface area contributed by atoms with Gasteiger partial charge in [0, 0.05) is 12.6 Å². The molecule has 2 heterocycles. The van der Waals surface area contributed by atoms with E-state index in [0.717, 1.165) is 32.5 Å². The zero-order valence-corrected chi connectivity index (χ0v) is 10.8. The van der Waals surface area contributed by atoms with Crippen molar-refractivity contribution in [2.75, 3.05) is 19.6 Å². The molecule has 0 saturated carbocycles. The molecule has 1 fully saturated rings. The molecule has 2 rings (SSSR count). The van der Waals surface area contributed by atoms with Crippen molar-refractivity contribution in [1.82, 2.24) is 10.2 Å². The summed E-state index contributed by atoms with van der Waals surface area (Å²) in [5, 5.41) is 3.02. The van der Waals surface area contributed by atoms with Crippen molar-refractivity contribution in [2.45, 2.75) is 32.4 Å². The van der Waals surface area contributed by atoms with Gasteiger partial charge < -0.3 is 20.4 Å². The largest absolute Gasteiger partial charge is 0.455 e. The zero-order chi connectivity index (χ0) is 13.0. The van der Waals surface area contributed by atoms with Crippen molar-refractivity contribution in [3.8, 4) is 0 Å². The molecule has 1 aromatic rings. The summed E-state index contributed by atoms with van der Waals surface area (Å²) in [4.78, 5) is 14.3. The molecule has 1 unspecified atom stereocenters. The van der Waals surface area contributed by atoms with Gasteiger partial charge >= 0.3 is 0 Å². The average molecular weight is 251 g/mol. The lowest BCUT2D eigenvalue weighted by molar-refractivity contribution is 0.0876. The summed E-state index contributed by atoms with van der Waals surface area (Å²) in [6, 6.07) is 3.64. The Morgan fingerprint density at radius 1 is 1.61 bits per heavy atom. The summed E-state index contributed by atoms with van der Waals surface area (Å²) in [5.41, 5.74) is 5.45. The monoisotopic (exact) mass is 251 g/mol. The molecule has 1 amide bonds. The van der Waals surface area contributed by atoms with Crippen LogP contribution in [0.4, 0.5) is 0 Å². The summed E-state index contributed by atoms with van der Waals surface area (Å²) in [6.45, 7) is 5.54. The maximum absolute atomic E-state index is 12.0. The third-order valence-electron chi connectivity index (χ3n) is 3.37. The second kappa shape index (κ2) is 6.02. The highest BCUT2D eigenvalue weighted by Gasteiger charge is 2.21. The van der Waals surface area contributed by atoms with Gasteiger partial charge in [0.25, 0.3) is 5.91 Å². The predicted octanol–water partition coefficient (Wildman–Crippen LogP) is 0.952. The van der Waals surface area contributed by atoms with E-state index in [9.17, 15) is 4.79 Å². The standard InChI is InChI=1S/C13H21N3O2/c1-2-16-7-3-4-10(9-16)15-13(17)12-6-5-11(8-14)18-12/h5-6,10H,2-4,7-9,14H2,1H3,(H,15,17). The van der Waals surface area contributed by atoms with Crippen molar-refractivity contribution in [2.24, 2.45) is 5.73 Å². The second-order valence-electron chi connectivity index (χ2n) is 4.68. The number of nitrogens with two attached hydrogens (primary N) is 1. The van der Waals surface area contributed by atoms with E-state index in [0.29, 0.717) is 18.1 Å². The van der Waals surface area contributed by atoms with Crippen LogP contribution >= 0.6 is 0 Å². The molecule has 3 N–H and O–H groups in total. The van der Waals surface area contributed by atoms with Crippen LogP contribution in [0.15, 0.2) is 16.5 Å². The van der Waals surface area contributed by atoms with Gasteiger partial charge in [-0.05, 0) is 38.1 Å². The van der Waals surface area contributed by atoms with Gasteiger partial charge in [0.15, 0.2) is 5.76 Å². The van der Waals surface area contributed by atoms with Crippen molar-refractivity contribution in [1.29, 1.82) is 0 Å². The number of rotatable bonds is 4. The minimum Gasteiger partial charge on any atom is -0.455 e. The van der Waals surface area contributed by atoms with E-state index in [-0.39, 0.29) is 11.9 Å². The number of nitrogens with zero attached hydrogens (tertiary/aromatic N) is 1. The first-order valence-corrected chi connectivity index (χ1v) is 6.55. The minimum atomic E-state index is -0.141. The number of piperidine rings is 1. The predicted molar refractivity (Wildman–Crippen MR) is 69.2 cm³/mol. The number of likely N-dealkylation sites (N-methyl/N-ethyl adjacent to an activating group) is 1. The Morgan fingerprint density at radius 2 is 2.44 bits per heavy atom. The van der Waals surface area contributed by atoms with Gasteiger partial charge in [-0.15, -0.1) is 0 Å². The van der Waals surface area contributed by atoms with Crippen molar-refractivity contribution >= 4 is 5.91 Å². The molecule has 1 saturated heterocycles. The highest BCUT2D eigenvalue weighted by atomic mass is 16.4. The number of likely N-dealkylation sites (tertiary alicyclic amines) is 1. The third kappa shape index (κ3) is 3.11. The second-order valence-corrected chi connectivity index (χ2v) is 4.68. The Labute approximate surface area is 107 Å². The number of nitrogens with one attached hydrogen (secondary N) is 1. The topological polar surface area (TPSA) is 71.5 Å². The van der Waals surface area contributed by atoms with Crippen molar-refractivity contribution < 1.29 is 9.21 Å². The Bertz CT molecular complexity index is 403. The van der Waals surface area contributed by atoms with Gasteiger partial charge in [-0.25, -0.2) is 0 Å². The van der Waals surface area contributed by atoms with E-state index in [1.807, 2.05) is 0 Å². The summed E-state index contributed by atoms with van der Waals surface area (Å²) >= 11 is 0. The van der Waals surface area contributed by atoms with Crippen molar-refractivity contribution in [3.63, 3.8) is 0 Å². The first-order valence-electron chi connectivity index (χ1n) is 6.55. The van der Waals surface area contributed by atoms with Gasteiger partial charge in [0.05, 0.1) is 6.54 Å². The Balaban J connectivity index is 1.90. The van der Waals surface area contributed by atoms with E-state index in [1.54, 1.807) is 12.1 Å². The number of carbonyl (C=O) groups is 1. The lowest BCUT2D eigenvalue weighted by Crippen LogP contribution is -2.47. The van der Waals surface area contributed by atoms with E-state index in [4.69, 9.17) is 10.2 Å². The molecule has 0 bridgehead atoms. The van der Waals surface area contributed by atoms with Crippen LogP contribution in [0.5, 0.6) is 0 Å². The molecule has 100 valence electrons. The van der Waals surface area contributed by atoms with E-state index >= 15 is 0 Å². The Kier molecular flexibility index (Phi) is 4.38. The quantitative estimate of drug-likeness (QED) is 0.836. The normalized spacial score (nSPS) is 20.9. The first kappa shape index (κ1) is 13.1. The zero-order valence-electron chi connectivity index (χ0n) is 10.8. The van der Waals surface area contributed by atoms with Gasteiger partial charge in [-0.3, -0.25) is 4.79 Å². The molecule has 0 aromatic carbocycles. The number of hydrogen-bond acceptors (Lipinski definition) is 4. The molecule has 1 atom stereocenters. The van der Waals surface area contributed by atoms with E-state index in [2.05, 4.69) is 17.1 Å². The molecular weight excluding hydrogens is 230 g/mol. The molecular formula is C13H21N3O2. The molecule has 1 aromatic heterocycles. The lowest BCUT2D eigenvalue weighted by Gasteiger charge is -2.32. The molecule has 0 aliphatic carbocycles. The molecule has 18 heavy (non-hydrogen) atoms. The minimum absolute atomic E-state index is 0.141. The average Bonchev–Trinajstić information content (AvgIpc) is 2.88. The summed E-state index contributed by atoms with van der Waals surface area (Å²) in [6.07, 6.45) is 2.16. The van der Waals surface area contributed by atoms with Crippen molar-refractivity contribution in [3.05, 3.63) is 23.7 Å². The van der Waals surface area contributed by atoms with E-state index < -0.39 is 0 Å². The molecule has 1 aliphatic heterocycles. The third-order valence-corrected chi connectivity index (χ3v) is 3.37. The van der Waals surface area contributed by atoms with Crippen LogP contribution < -0.4 is 11.1 Å². The van der Waals surface area contributed by atoms with Crippen LogP contribution in [0.3, 0.4) is 0 Å². The molecule has 1 aliphatic rings. The van der Waals surface area contributed by atoms with Crippen LogP contribution in [-0.2, 0) is 6.54 Å². The SMILES string of the molecule is CCN1CCCC(NC(=O)c2ccc(CN)o2)C1. The molecule has 5 nitrogen and oxygen atoms in total. The fourth-order valence-electron chi connectivity index (χ4n) is 2.33. The first-order chi connectivity index (χ1) is 8.72. The number of hydrogen-bond donors (Lipinski definition) is 2. The smallest absolute Gasteiger partial charge is 0.287 e. The lowest BCUT2D eigenvalue weighted by atomic mass is 10.1. The molecule has 0 spiro atoms. The summed E-state index contributed by atoms with van der Waals surface area (Å²) < 4.78 is 5.34. The molecule has 0 radical (unpaired) electrons. The Morgan fingerprint density at radius 3 is 3.11 bits per heavy atom. The highest BCUT2D eigenvalue weighted by molar-refractivity contribution is 5.91. The number of carbonyl (C=O) groups excluding carboxylic acids is 1. The van der Waals surface area contributed by atoms with Crippen LogP contribution in [0.2, 0.25) is 0 Å². The number of amides is 1. The fraction of sp³-hybridized carbons (Fsp3) is 0.615. The Hall–Kier alpha value is -1.33. The van der Waals surface area contributed by atoms with Gasteiger partial charge in [0.1, 0.15) is 5.76 Å².